The number of nitrogens with zero attached hydrogens (tertiary/aromatic N) is 2. The number of hydrogen-bond acceptors (Lipinski definition) is 3. The highest BCUT2D eigenvalue weighted by molar-refractivity contribution is 6.06. The van der Waals surface area contributed by atoms with Crippen LogP contribution in [-0.4, -0.2) is 23.3 Å². The quantitative estimate of drug-likeness (QED) is 0.730. The van der Waals surface area contributed by atoms with Gasteiger partial charge in [0.05, 0.1) is 0 Å². The van der Waals surface area contributed by atoms with Gasteiger partial charge in [0.2, 0.25) is 0 Å². The summed E-state index contributed by atoms with van der Waals surface area (Å²) in [4.78, 5) is 30.7. The average Bonchev–Trinajstić information content (AvgIpc) is 2.74. The van der Waals surface area contributed by atoms with Gasteiger partial charge in [-0.25, -0.2) is 0 Å². The predicted molar refractivity (Wildman–Crippen MR) is 106 cm³/mol. The number of carbonyl (C=O) groups is 2. The molecule has 0 unspecified atom stereocenters. The van der Waals surface area contributed by atoms with Crippen molar-refractivity contribution >= 4 is 17.5 Å². The lowest BCUT2D eigenvalue weighted by Crippen LogP contribution is -2.30. The van der Waals surface area contributed by atoms with Gasteiger partial charge in [0.1, 0.15) is 0 Å². The highest BCUT2D eigenvalue weighted by atomic mass is 16.2. The van der Waals surface area contributed by atoms with E-state index in [1.54, 1.807) is 41.6 Å². The Labute approximate surface area is 158 Å². The maximum atomic E-state index is 12.8. The minimum absolute atomic E-state index is 0.0903. The summed E-state index contributed by atoms with van der Waals surface area (Å²) >= 11 is 0. The smallest absolute Gasteiger partial charge is 0.258 e. The third-order valence-corrected chi connectivity index (χ3v) is 4.23. The van der Waals surface area contributed by atoms with Crippen molar-refractivity contribution < 1.29 is 9.59 Å². The lowest BCUT2D eigenvalue weighted by atomic mass is 10.1. The summed E-state index contributed by atoms with van der Waals surface area (Å²) in [6, 6.07) is 20.0. The number of benzene rings is 2. The number of anilines is 1. The molecule has 27 heavy (non-hydrogen) atoms. The molecule has 3 aromatic rings. The molecule has 0 spiro atoms. The fraction of sp³-hybridized carbons (Fsp3) is 0.136. The molecule has 0 aliphatic heterocycles. The van der Waals surface area contributed by atoms with Crippen molar-refractivity contribution in [2.75, 3.05) is 11.4 Å². The molecule has 0 saturated carbocycles. The number of pyridine rings is 1. The van der Waals surface area contributed by atoms with Crippen LogP contribution in [0, 0.1) is 0 Å². The first kappa shape index (κ1) is 18.3. The Bertz CT molecular complexity index is 894. The van der Waals surface area contributed by atoms with E-state index < -0.39 is 0 Å². The molecule has 0 aliphatic rings. The topological polar surface area (TPSA) is 62.3 Å². The molecule has 1 heterocycles. The van der Waals surface area contributed by atoms with E-state index in [-0.39, 0.29) is 11.8 Å². The maximum absolute atomic E-state index is 12.8. The predicted octanol–water partition coefficient (Wildman–Crippen LogP) is 3.68. The zero-order chi connectivity index (χ0) is 19.1. The Hall–Kier alpha value is -3.47. The second-order valence-corrected chi connectivity index (χ2v) is 6.00. The van der Waals surface area contributed by atoms with Crippen molar-refractivity contribution in [1.82, 2.24) is 10.3 Å². The number of para-hydroxylation sites is 1. The van der Waals surface area contributed by atoms with Crippen molar-refractivity contribution in [3.8, 4) is 0 Å². The van der Waals surface area contributed by atoms with Crippen LogP contribution in [0.3, 0.4) is 0 Å². The lowest BCUT2D eigenvalue weighted by molar-refractivity contribution is 0.0947. The van der Waals surface area contributed by atoms with E-state index >= 15 is 0 Å². The Morgan fingerprint density at radius 3 is 2.15 bits per heavy atom. The number of nitrogens with one attached hydrogen (secondary N) is 1. The summed E-state index contributed by atoms with van der Waals surface area (Å²) in [7, 11) is 0. The summed E-state index contributed by atoms with van der Waals surface area (Å²) in [6.07, 6.45) is 3.38. The van der Waals surface area contributed by atoms with Crippen LogP contribution < -0.4 is 10.2 Å². The molecule has 2 aromatic carbocycles. The first-order valence-corrected chi connectivity index (χ1v) is 8.83. The van der Waals surface area contributed by atoms with Gasteiger partial charge in [-0.1, -0.05) is 18.2 Å². The highest BCUT2D eigenvalue weighted by Crippen LogP contribution is 2.17. The number of amides is 2. The summed E-state index contributed by atoms with van der Waals surface area (Å²) in [5, 5.41) is 2.86. The Morgan fingerprint density at radius 1 is 0.889 bits per heavy atom. The molecule has 2 amide bonds. The molecule has 136 valence electrons. The summed E-state index contributed by atoms with van der Waals surface area (Å²) in [6.45, 7) is 2.93. The molecular weight excluding hydrogens is 338 g/mol. The minimum atomic E-state index is -0.179. The second kappa shape index (κ2) is 8.76. The second-order valence-electron chi connectivity index (χ2n) is 6.00. The van der Waals surface area contributed by atoms with Crippen LogP contribution >= 0.6 is 0 Å². The van der Waals surface area contributed by atoms with Gasteiger partial charge in [0.25, 0.3) is 11.8 Å². The molecule has 1 aromatic heterocycles. The van der Waals surface area contributed by atoms with E-state index in [0.29, 0.717) is 24.2 Å². The summed E-state index contributed by atoms with van der Waals surface area (Å²) in [5.74, 6) is -0.270. The number of aromatic nitrogens is 1. The van der Waals surface area contributed by atoms with Crippen molar-refractivity contribution in [3.63, 3.8) is 0 Å². The van der Waals surface area contributed by atoms with Crippen LogP contribution in [0.5, 0.6) is 0 Å². The van der Waals surface area contributed by atoms with E-state index in [9.17, 15) is 9.59 Å². The van der Waals surface area contributed by atoms with Crippen LogP contribution in [0.4, 0.5) is 5.69 Å². The molecule has 0 fully saturated rings. The van der Waals surface area contributed by atoms with Crippen molar-refractivity contribution in [1.29, 1.82) is 0 Å². The molecule has 5 heteroatoms. The van der Waals surface area contributed by atoms with E-state index in [0.717, 1.165) is 11.3 Å². The van der Waals surface area contributed by atoms with Crippen LogP contribution in [-0.2, 0) is 6.54 Å². The zero-order valence-corrected chi connectivity index (χ0v) is 15.1. The van der Waals surface area contributed by atoms with E-state index in [1.165, 1.54) is 0 Å². The molecule has 1 N–H and O–H groups in total. The van der Waals surface area contributed by atoms with E-state index in [2.05, 4.69) is 10.3 Å². The molecule has 3 rings (SSSR count). The monoisotopic (exact) mass is 359 g/mol. The van der Waals surface area contributed by atoms with Crippen molar-refractivity contribution in [2.24, 2.45) is 0 Å². The zero-order valence-electron chi connectivity index (χ0n) is 15.1. The largest absolute Gasteiger partial charge is 0.348 e. The SMILES string of the molecule is CCN(C(=O)c1ccc(C(=O)NCc2ccncc2)cc1)c1ccccc1. The first-order chi connectivity index (χ1) is 13.2. The standard InChI is InChI=1S/C22H21N3O2/c1-2-25(20-6-4-3-5-7-20)22(27)19-10-8-18(9-11-19)21(26)24-16-17-12-14-23-15-13-17/h3-15H,2,16H2,1H3,(H,24,26). The van der Waals surface area contributed by atoms with Gasteiger partial charge in [0.15, 0.2) is 0 Å². The van der Waals surface area contributed by atoms with Crippen LogP contribution in [0.25, 0.3) is 0 Å². The minimum Gasteiger partial charge on any atom is -0.348 e. The normalized spacial score (nSPS) is 10.3. The highest BCUT2D eigenvalue weighted by Gasteiger charge is 2.16. The third kappa shape index (κ3) is 4.58. The van der Waals surface area contributed by atoms with Gasteiger partial charge in [-0.05, 0) is 61.0 Å². The lowest BCUT2D eigenvalue weighted by Gasteiger charge is -2.21. The number of carbonyl (C=O) groups excluding carboxylic acids is 2. The number of rotatable bonds is 6. The summed E-state index contributed by atoms with van der Waals surface area (Å²) in [5.41, 5.74) is 2.89. The van der Waals surface area contributed by atoms with E-state index in [1.807, 2.05) is 49.4 Å². The van der Waals surface area contributed by atoms with Crippen molar-refractivity contribution in [3.05, 3.63) is 95.8 Å². The first-order valence-electron chi connectivity index (χ1n) is 8.83. The van der Waals surface area contributed by atoms with Gasteiger partial charge in [0, 0.05) is 42.3 Å². The van der Waals surface area contributed by atoms with Gasteiger partial charge in [-0.15, -0.1) is 0 Å². The Kier molecular flexibility index (Phi) is 5.94. The van der Waals surface area contributed by atoms with Gasteiger partial charge < -0.3 is 10.2 Å². The average molecular weight is 359 g/mol. The fourth-order valence-corrected chi connectivity index (χ4v) is 2.76. The number of hydrogen-bond donors (Lipinski definition) is 1. The summed E-state index contributed by atoms with van der Waals surface area (Å²) < 4.78 is 0. The maximum Gasteiger partial charge on any atom is 0.258 e. The van der Waals surface area contributed by atoms with Gasteiger partial charge in [-0.3, -0.25) is 14.6 Å². The molecule has 0 atom stereocenters. The third-order valence-electron chi connectivity index (χ3n) is 4.23. The molecule has 5 nitrogen and oxygen atoms in total. The Balaban J connectivity index is 1.67. The Morgan fingerprint density at radius 2 is 1.52 bits per heavy atom. The van der Waals surface area contributed by atoms with Gasteiger partial charge in [-0.2, -0.15) is 0 Å². The van der Waals surface area contributed by atoms with Crippen LogP contribution in [0.1, 0.15) is 33.2 Å². The molecule has 0 saturated heterocycles. The van der Waals surface area contributed by atoms with Crippen LogP contribution in [0.15, 0.2) is 79.1 Å². The molecule has 0 aliphatic carbocycles. The van der Waals surface area contributed by atoms with Crippen molar-refractivity contribution in [2.45, 2.75) is 13.5 Å². The molecule has 0 bridgehead atoms. The van der Waals surface area contributed by atoms with E-state index in [4.69, 9.17) is 0 Å². The fourth-order valence-electron chi connectivity index (χ4n) is 2.76. The van der Waals surface area contributed by atoms with Gasteiger partial charge >= 0.3 is 0 Å². The molecule has 0 radical (unpaired) electrons. The van der Waals surface area contributed by atoms with Crippen LogP contribution in [0.2, 0.25) is 0 Å². The molecular formula is C22H21N3O2.